The number of aromatic nitrogens is 2. The van der Waals surface area contributed by atoms with Crippen LogP contribution in [0.3, 0.4) is 0 Å². The van der Waals surface area contributed by atoms with Crippen LogP contribution < -0.4 is 5.32 Å². The molecule has 0 atom stereocenters. The quantitative estimate of drug-likeness (QED) is 0.629. The number of ether oxygens (including phenoxy) is 1. The van der Waals surface area contributed by atoms with Crippen LogP contribution in [0, 0.1) is 11.6 Å². The van der Waals surface area contributed by atoms with Crippen LogP contribution in [0.25, 0.3) is 22.0 Å². The summed E-state index contributed by atoms with van der Waals surface area (Å²) in [5, 5.41) is 10.6. The van der Waals surface area contributed by atoms with Gasteiger partial charge in [-0.3, -0.25) is 14.8 Å². The summed E-state index contributed by atoms with van der Waals surface area (Å²) < 4.78 is 34.5. The van der Waals surface area contributed by atoms with Crippen molar-refractivity contribution in [2.45, 2.75) is 38.3 Å². The Kier molecular flexibility index (Phi) is 5.89. The van der Waals surface area contributed by atoms with E-state index in [9.17, 15) is 13.6 Å². The minimum atomic E-state index is -0.883. The molecule has 0 radical (unpaired) electrons. The molecule has 2 saturated heterocycles. The normalized spacial score (nSPS) is 17.8. The SMILES string of the molecule is O=C(NC1CCOCC1)c1n[nH]c2ccc(-c3cc(CN4CCCC4)cc(F)c3F)cc12. The van der Waals surface area contributed by atoms with E-state index in [2.05, 4.69) is 20.4 Å². The van der Waals surface area contributed by atoms with Gasteiger partial charge in [0.25, 0.3) is 5.91 Å². The fourth-order valence-electron chi connectivity index (χ4n) is 4.60. The molecule has 0 bridgehead atoms. The van der Waals surface area contributed by atoms with Crippen LogP contribution in [0.1, 0.15) is 41.7 Å². The lowest BCUT2D eigenvalue weighted by Crippen LogP contribution is -2.39. The smallest absolute Gasteiger partial charge is 0.272 e. The van der Waals surface area contributed by atoms with E-state index in [4.69, 9.17) is 4.74 Å². The van der Waals surface area contributed by atoms with Gasteiger partial charge in [0, 0.05) is 36.8 Å². The Balaban J connectivity index is 1.46. The molecule has 168 valence electrons. The molecule has 3 aromatic rings. The molecular weight excluding hydrogens is 414 g/mol. The molecule has 32 heavy (non-hydrogen) atoms. The molecule has 3 heterocycles. The Labute approximate surface area is 184 Å². The van der Waals surface area contributed by atoms with Crippen molar-refractivity contribution in [2.75, 3.05) is 26.3 Å². The van der Waals surface area contributed by atoms with Crippen LogP contribution in [0.2, 0.25) is 0 Å². The van der Waals surface area contributed by atoms with Gasteiger partial charge in [0.1, 0.15) is 0 Å². The number of fused-ring (bicyclic) bond motifs is 1. The van der Waals surface area contributed by atoms with Crippen molar-refractivity contribution in [1.82, 2.24) is 20.4 Å². The highest BCUT2D eigenvalue weighted by molar-refractivity contribution is 6.05. The van der Waals surface area contributed by atoms with Crippen molar-refractivity contribution in [2.24, 2.45) is 0 Å². The zero-order valence-electron chi connectivity index (χ0n) is 17.8. The monoisotopic (exact) mass is 440 g/mol. The molecule has 2 aliphatic rings. The Morgan fingerprint density at radius 1 is 1.16 bits per heavy atom. The summed E-state index contributed by atoms with van der Waals surface area (Å²) in [5.74, 6) is -2.03. The molecule has 6 nitrogen and oxygen atoms in total. The van der Waals surface area contributed by atoms with E-state index >= 15 is 0 Å². The molecule has 2 aliphatic heterocycles. The zero-order chi connectivity index (χ0) is 22.1. The standard InChI is InChI=1S/C24H26F2N4O2/c25-20-12-15(14-30-7-1-2-8-30)11-18(22(20)26)16-3-4-21-19(13-16)23(29-28-21)24(31)27-17-5-9-32-10-6-17/h3-4,11-13,17H,1-2,5-10,14H2,(H,27,31)(H,28,29). The van der Waals surface area contributed by atoms with Crippen molar-refractivity contribution in [1.29, 1.82) is 0 Å². The van der Waals surface area contributed by atoms with E-state index in [0.717, 1.165) is 44.3 Å². The highest BCUT2D eigenvalue weighted by Crippen LogP contribution is 2.30. The van der Waals surface area contributed by atoms with Crippen molar-refractivity contribution in [3.63, 3.8) is 0 Å². The van der Waals surface area contributed by atoms with Gasteiger partial charge in [0.2, 0.25) is 0 Å². The zero-order valence-corrected chi connectivity index (χ0v) is 17.8. The van der Waals surface area contributed by atoms with Gasteiger partial charge < -0.3 is 10.1 Å². The van der Waals surface area contributed by atoms with Gasteiger partial charge in [-0.15, -0.1) is 0 Å². The second kappa shape index (κ2) is 8.96. The first-order chi connectivity index (χ1) is 15.6. The molecule has 0 unspecified atom stereocenters. The van der Waals surface area contributed by atoms with Crippen molar-refractivity contribution >= 4 is 16.8 Å². The lowest BCUT2D eigenvalue weighted by molar-refractivity contribution is 0.0695. The highest BCUT2D eigenvalue weighted by Gasteiger charge is 2.22. The van der Waals surface area contributed by atoms with Crippen LogP contribution in [0.4, 0.5) is 8.78 Å². The average Bonchev–Trinajstić information content (AvgIpc) is 3.46. The molecule has 2 fully saturated rings. The van der Waals surface area contributed by atoms with E-state index in [-0.39, 0.29) is 23.2 Å². The van der Waals surface area contributed by atoms with E-state index in [1.807, 2.05) is 0 Å². The summed E-state index contributed by atoms with van der Waals surface area (Å²) >= 11 is 0. The number of carbonyl (C=O) groups excluding carboxylic acids is 1. The largest absolute Gasteiger partial charge is 0.381 e. The van der Waals surface area contributed by atoms with Gasteiger partial charge in [-0.25, -0.2) is 8.78 Å². The van der Waals surface area contributed by atoms with Gasteiger partial charge in [-0.05, 0) is 74.2 Å². The van der Waals surface area contributed by atoms with E-state index in [1.165, 1.54) is 6.07 Å². The van der Waals surface area contributed by atoms with Crippen LogP contribution in [0.15, 0.2) is 30.3 Å². The third-order valence-electron chi connectivity index (χ3n) is 6.34. The van der Waals surface area contributed by atoms with E-state index < -0.39 is 11.6 Å². The number of aromatic amines is 1. The van der Waals surface area contributed by atoms with Crippen molar-refractivity contribution in [3.8, 4) is 11.1 Å². The Morgan fingerprint density at radius 2 is 1.94 bits per heavy atom. The highest BCUT2D eigenvalue weighted by atomic mass is 19.2. The number of benzene rings is 2. The molecule has 0 aliphatic carbocycles. The average molecular weight is 440 g/mol. The maximum Gasteiger partial charge on any atom is 0.272 e. The lowest BCUT2D eigenvalue weighted by atomic mass is 9.99. The summed E-state index contributed by atoms with van der Waals surface area (Å²) in [6.07, 6.45) is 3.78. The van der Waals surface area contributed by atoms with E-state index in [1.54, 1.807) is 24.3 Å². The number of nitrogens with one attached hydrogen (secondary N) is 2. The third kappa shape index (κ3) is 4.25. The Bertz CT molecular complexity index is 1130. The summed E-state index contributed by atoms with van der Waals surface area (Å²) in [4.78, 5) is 15.1. The first kappa shape index (κ1) is 21.0. The second-order valence-corrected chi connectivity index (χ2v) is 8.62. The first-order valence-electron chi connectivity index (χ1n) is 11.2. The minimum Gasteiger partial charge on any atom is -0.381 e. The fourth-order valence-corrected chi connectivity index (χ4v) is 4.60. The maximum atomic E-state index is 14.8. The number of nitrogens with zero attached hydrogens (tertiary/aromatic N) is 2. The lowest BCUT2D eigenvalue weighted by Gasteiger charge is -2.22. The predicted molar refractivity (Wildman–Crippen MR) is 117 cm³/mol. The number of rotatable bonds is 5. The van der Waals surface area contributed by atoms with Crippen LogP contribution >= 0.6 is 0 Å². The van der Waals surface area contributed by atoms with Gasteiger partial charge >= 0.3 is 0 Å². The van der Waals surface area contributed by atoms with Crippen LogP contribution in [-0.4, -0.2) is 53.3 Å². The summed E-state index contributed by atoms with van der Waals surface area (Å²) in [5.41, 5.74) is 2.37. The molecule has 5 rings (SSSR count). The molecule has 0 spiro atoms. The molecule has 1 aromatic heterocycles. The number of hydrogen-bond donors (Lipinski definition) is 2. The molecular formula is C24H26F2N4O2. The minimum absolute atomic E-state index is 0.0417. The molecule has 8 heteroatoms. The Morgan fingerprint density at radius 3 is 2.72 bits per heavy atom. The maximum absolute atomic E-state index is 14.8. The van der Waals surface area contributed by atoms with Gasteiger partial charge in [-0.1, -0.05) is 6.07 Å². The summed E-state index contributed by atoms with van der Waals surface area (Å²) in [6, 6.07) is 8.20. The topological polar surface area (TPSA) is 70.2 Å². The molecule has 2 aromatic carbocycles. The first-order valence-corrected chi connectivity index (χ1v) is 11.2. The van der Waals surface area contributed by atoms with Crippen LogP contribution in [0.5, 0.6) is 0 Å². The third-order valence-corrected chi connectivity index (χ3v) is 6.34. The van der Waals surface area contributed by atoms with E-state index in [0.29, 0.717) is 36.2 Å². The molecule has 1 amide bonds. The van der Waals surface area contributed by atoms with Gasteiger partial charge in [0.05, 0.1) is 5.52 Å². The summed E-state index contributed by atoms with van der Waals surface area (Å²) in [7, 11) is 0. The van der Waals surface area contributed by atoms with Crippen molar-refractivity contribution in [3.05, 3.63) is 53.2 Å². The number of carbonyl (C=O) groups is 1. The van der Waals surface area contributed by atoms with Gasteiger partial charge in [-0.2, -0.15) is 5.10 Å². The number of hydrogen-bond acceptors (Lipinski definition) is 4. The molecule has 0 saturated carbocycles. The summed E-state index contributed by atoms with van der Waals surface area (Å²) in [6.45, 7) is 3.78. The van der Waals surface area contributed by atoms with Gasteiger partial charge in [0.15, 0.2) is 17.3 Å². The Hall–Kier alpha value is -2.84. The number of halogens is 2. The number of amides is 1. The fraction of sp³-hybridized carbons (Fsp3) is 0.417. The predicted octanol–water partition coefficient (Wildman–Crippen LogP) is 4.01. The van der Waals surface area contributed by atoms with Crippen LogP contribution in [-0.2, 0) is 11.3 Å². The molecule has 2 N–H and O–H groups in total. The number of H-pyrrole nitrogens is 1. The van der Waals surface area contributed by atoms with Crippen molar-refractivity contribution < 1.29 is 18.3 Å². The number of likely N-dealkylation sites (tertiary alicyclic amines) is 1. The second-order valence-electron chi connectivity index (χ2n) is 8.62.